The van der Waals surface area contributed by atoms with Crippen LogP contribution in [0.3, 0.4) is 0 Å². The van der Waals surface area contributed by atoms with Gasteiger partial charge in [0.15, 0.2) is 11.5 Å². The molecule has 0 aromatic heterocycles. The first-order valence-electron chi connectivity index (χ1n) is 6.29. The van der Waals surface area contributed by atoms with Crippen LogP contribution in [0.4, 0.5) is 0 Å². The number of rotatable bonds is 9. The lowest BCUT2D eigenvalue weighted by molar-refractivity contribution is 0.0288. The van der Waals surface area contributed by atoms with E-state index in [2.05, 4.69) is 21.2 Å². The van der Waals surface area contributed by atoms with Gasteiger partial charge in [-0.2, -0.15) is 0 Å². The molecule has 0 aliphatic rings. The zero-order chi connectivity index (χ0) is 15.0. The number of methoxy groups -OCH3 is 4. The van der Waals surface area contributed by atoms with Gasteiger partial charge in [0.2, 0.25) is 0 Å². The molecule has 6 heteroatoms. The van der Waals surface area contributed by atoms with Gasteiger partial charge in [0.1, 0.15) is 0 Å². The quantitative estimate of drug-likeness (QED) is 0.742. The van der Waals surface area contributed by atoms with E-state index in [1.807, 2.05) is 12.1 Å². The Labute approximate surface area is 128 Å². The van der Waals surface area contributed by atoms with E-state index in [9.17, 15) is 0 Å². The van der Waals surface area contributed by atoms with E-state index in [1.54, 1.807) is 28.4 Å². The predicted molar refractivity (Wildman–Crippen MR) is 81.6 cm³/mol. The zero-order valence-electron chi connectivity index (χ0n) is 12.4. The van der Waals surface area contributed by atoms with Gasteiger partial charge in [-0.1, -0.05) is 15.9 Å². The molecule has 5 nitrogen and oxygen atoms in total. The van der Waals surface area contributed by atoms with Crippen molar-refractivity contribution in [3.63, 3.8) is 0 Å². The topological polar surface area (TPSA) is 49.0 Å². The van der Waals surface area contributed by atoms with Crippen LogP contribution in [0.2, 0.25) is 0 Å². The Balaban J connectivity index is 2.63. The number of hydrogen-bond acceptors (Lipinski definition) is 5. The van der Waals surface area contributed by atoms with Crippen molar-refractivity contribution in [2.75, 3.05) is 41.6 Å². The molecule has 0 saturated carbocycles. The summed E-state index contributed by atoms with van der Waals surface area (Å²) in [6.45, 7) is 1.98. The minimum Gasteiger partial charge on any atom is -0.493 e. The van der Waals surface area contributed by atoms with Crippen molar-refractivity contribution < 1.29 is 18.9 Å². The first-order chi connectivity index (χ1) is 9.65. The number of ether oxygens (including phenoxy) is 4. The number of benzene rings is 1. The van der Waals surface area contributed by atoms with E-state index >= 15 is 0 Å². The SMILES string of the molecule is COCC(CNCc1cc(OC)c(OC)cc1Br)OC. The Kier molecular flexibility index (Phi) is 7.91. The minimum atomic E-state index is 0.0407. The Hall–Kier alpha value is -0.820. The van der Waals surface area contributed by atoms with Crippen molar-refractivity contribution in [3.05, 3.63) is 22.2 Å². The summed E-state index contributed by atoms with van der Waals surface area (Å²) in [7, 11) is 6.59. The Morgan fingerprint density at radius 2 is 1.75 bits per heavy atom. The number of halogens is 1. The van der Waals surface area contributed by atoms with Crippen molar-refractivity contribution in [1.29, 1.82) is 0 Å². The Morgan fingerprint density at radius 3 is 2.30 bits per heavy atom. The van der Waals surface area contributed by atoms with Gasteiger partial charge in [-0.15, -0.1) is 0 Å². The molecule has 1 aromatic rings. The molecule has 0 bridgehead atoms. The third-order valence-corrected chi connectivity index (χ3v) is 3.66. The van der Waals surface area contributed by atoms with Crippen molar-refractivity contribution in [2.45, 2.75) is 12.6 Å². The molecule has 114 valence electrons. The lowest BCUT2D eigenvalue weighted by Crippen LogP contribution is -2.31. The van der Waals surface area contributed by atoms with Gasteiger partial charge in [-0.25, -0.2) is 0 Å². The van der Waals surface area contributed by atoms with Crippen LogP contribution < -0.4 is 14.8 Å². The lowest BCUT2D eigenvalue weighted by atomic mass is 10.2. The molecule has 0 fully saturated rings. The molecule has 1 atom stereocenters. The second-order valence-electron chi connectivity index (χ2n) is 4.24. The first-order valence-corrected chi connectivity index (χ1v) is 7.08. The monoisotopic (exact) mass is 347 g/mol. The fraction of sp³-hybridized carbons (Fsp3) is 0.571. The van der Waals surface area contributed by atoms with Crippen LogP contribution in [0.5, 0.6) is 11.5 Å². The van der Waals surface area contributed by atoms with E-state index < -0.39 is 0 Å². The molecule has 1 rings (SSSR count). The minimum absolute atomic E-state index is 0.0407. The molecule has 1 aromatic carbocycles. The summed E-state index contributed by atoms with van der Waals surface area (Å²) in [5, 5.41) is 3.34. The van der Waals surface area contributed by atoms with Gasteiger partial charge < -0.3 is 24.3 Å². The molecule has 0 aliphatic carbocycles. The van der Waals surface area contributed by atoms with Gasteiger partial charge in [-0.3, -0.25) is 0 Å². The van der Waals surface area contributed by atoms with Gasteiger partial charge in [0.05, 0.1) is 26.9 Å². The molecule has 20 heavy (non-hydrogen) atoms. The molecule has 0 heterocycles. The van der Waals surface area contributed by atoms with Crippen molar-refractivity contribution in [1.82, 2.24) is 5.32 Å². The van der Waals surface area contributed by atoms with Gasteiger partial charge in [0, 0.05) is 31.8 Å². The lowest BCUT2D eigenvalue weighted by Gasteiger charge is -2.16. The maximum Gasteiger partial charge on any atom is 0.161 e. The largest absolute Gasteiger partial charge is 0.493 e. The summed E-state index contributed by atoms with van der Waals surface area (Å²) < 4.78 is 21.9. The van der Waals surface area contributed by atoms with Crippen molar-refractivity contribution in [2.24, 2.45) is 0 Å². The van der Waals surface area contributed by atoms with Gasteiger partial charge >= 0.3 is 0 Å². The Morgan fingerprint density at radius 1 is 1.10 bits per heavy atom. The van der Waals surface area contributed by atoms with Gasteiger partial charge in [0.25, 0.3) is 0 Å². The molecule has 1 N–H and O–H groups in total. The van der Waals surface area contributed by atoms with Crippen LogP contribution in [0.25, 0.3) is 0 Å². The van der Waals surface area contributed by atoms with E-state index in [4.69, 9.17) is 18.9 Å². The summed E-state index contributed by atoms with van der Waals surface area (Å²) in [6, 6.07) is 3.85. The summed E-state index contributed by atoms with van der Waals surface area (Å²) >= 11 is 3.53. The van der Waals surface area contributed by atoms with Crippen LogP contribution >= 0.6 is 15.9 Å². The maximum absolute atomic E-state index is 5.30. The zero-order valence-corrected chi connectivity index (χ0v) is 14.0. The molecule has 0 radical (unpaired) electrons. The fourth-order valence-electron chi connectivity index (χ4n) is 1.80. The third-order valence-electron chi connectivity index (χ3n) is 2.93. The predicted octanol–water partition coefficient (Wildman–Crippen LogP) is 2.22. The third kappa shape index (κ3) is 4.94. The molecule has 0 saturated heterocycles. The standard InChI is InChI=1S/C14H22BrNO4/c1-17-9-11(18-2)8-16-7-10-5-13(19-3)14(20-4)6-12(10)15/h5-6,11,16H,7-9H2,1-4H3. The molecule has 0 spiro atoms. The van der Waals surface area contributed by atoms with Crippen LogP contribution in [-0.2, 0) is 16.0 Å². The van der Waals surface area contributed by atoms with Crippen LogP contribution in [-0.4, -0.2) is 47.7 Å². The van der Waals surface area contributed by atoms with E-state index in [1.165, 1.54) is 0 Å². The molecular weight excluding hydrogens is 326 g/mol. The van der Waals surface area contributed by atoms with Crippen molar-refractivity contribution in [3.8, 4) is 11.5 Å². The molecule has 0 aliphatic heterocycles. The summed E-state index contributed by atoms with van der Waals surface area (Å²) in [5.41, 5.74) is 1.09. The normalized spacial score (nSPS) is 12.2. The fourth-order valence-corrected chi connectivity index (χ4v) is 2.26. The molecular formula is C14H22BrNO4. The summed E-state index contributed by atoms with van der Waals surface area (Å²) in [5.74, 6) is 1.42. The Bertz CT molecular complexity index is 414. The average Bonchev–Trinajstić information content (AvgIpc) is 2.47. The summed E-state index contributed by atoms with van der Waals surface area (Å²) in [6.07, 6.45) is 0.0407. The molecule has 1 unspecified atom stereocenters. The first kappa shape index (κ1) is 17.2. The second kappa shape index (κ2) is 9.18. The number of nitrogens with one attached hydrogen (secondary N) is 1. The van der Waals surface area contributed by atoms with Crippen LogP contribution in [0.1, 0.15) is 5.56 Å². The van der Waals surface area contributed by atoms with E-state index in [0.29, 0.717) is 31.2 Å². The second-order valence-corrected chi connectivity index (χ2v) is 5.10. The highest BCUT2D eigenvalue weighted by Crippen LogP contribution is 2.33. The van der Waals surface area contributed by atoms with Gasteiger partial charge in [-0.05, 0) is 17.7 Å². The van der Waals surface area contributed by atoms with Crippen LogP contribution in [0.15, 0.2) is 16.6 Å². The molecule has 0 amide bonds. The average molecular weight is 348 g/mol. The van der Waals surface area contributed by atoms with E-state index in [0.717, 1.165) is 10.0 Å². The summed E-state index contributed by atoms with van der Waals surface area (Å²) in [4.78, 5) is 0. The highest BCUT2D eigenvalue weighted by Gasteiger charge is 2.11. The maximum atomic E-state index is 5.30. The smallest absolute Gasteiger partial charge is 0.161 e. The van der Waals surface area contributed by atoms with Crippen LogP contribution in [0, 0.1) is 0 Å². The number of hydrogen-bond donors (Lipinski definition) is 1. The highest BCUT2D eigenvalue weighted by molar-refractivity contribution is 9.10. The van der Waals surface area contributed by atoms with E-state index in [-0.39, 0.29) is 6.10 Å². The van der Waals surface area contributed by atoms with Crippen molar-refractivity contribution >= 4 is 15.9 Å². The highest BCUT2D eigenvalue weighted by atomic mass is 79.9.